The Morgan fingerprint density at radius 3 is 2.50 bits per heavy atom. The third-order valence-electron chi connectivity index (χ3n) is 4.71. The van der Waals surface area contributed by atoms with Crippen LogP contribution < -0.4 is 0 Å². The van der Waals surface area contributed by atoms with Crippen LogP contribution in [0, 0.1) is 0 Å². The number of piperazine rings is 1. The number of carbonyl (C=O) groups excluding carboxylic acids is 1. The van der Waals surface area contributed by atoms with Gasteiger partial charge in [-0.15, -0.1) is 0 Å². The summed E-state index contributed by atoms with van der Waals surface area (Å²) in [6.07, 6.45) is 6.74. The number of rotatable bonds is 5. The van der Waals surface area contributed by atoms with Crippen LogP contribution in [-0.2, 0) is 11.2 Å². The molecule has 3 heterocycles. The van der Waals surface area contributed by atoms with Crippen LogP contribution in [0.5, 0.6) is 0 Å². The van der Waals surface area contributed by atoms with Crippen LogP contribution in [0.15, 0.2) is 48.9 Å². The summed E-state index contributed by atoms with van der Waals surface area (Å²) in [7, 11) is 0. The molecule has 5 nitrogen and oxygen atoms in total. The number of aromatic nitrogens is 2. The van der Waals surface area contributed by atoms with E-state index in [4.69, 9.17) is 0 Å². The number of hydrogen-bond acceptors (Lipinski definition) is 4. The maximum Gasteiger partial charge on any atom is 0.222 e. The molecule has 1 fully saturated rings. The van der Waals surface area contributed by atoms with E-state index >= 15 is 0 Å². The van der Waals surface area contributed by atoms with Crippen LogP contribution in [0.25, 0.3) is 0 Å². The molecule has 1 aliphatic heterocycles. The summed E-state index contributed by atoms with van der Waals surface area (Å²) in [5.41, 5.74) is 2.26. The molecule has 5 heteroatoms. The second-order valence-corrected chi connectivity index (χ2v) is 6.20. The van der Waals surface area contributed by atoms with Crippen LogP contribution in [0.1, 0.15) is 30.6 Å². The van der Waals surface area contributed by atoms with E-state index in [1.54, 1.807) is 12.4 Å². The molecule has 0 radical (unpaired) electrons. The summed E-state index contributed by atoms with van der Waals surface area (Å²) in [4.78, 5) is 25.2. The summed E-state index contributed by atoms with van der Waals surface area (Å²) in [6.45, 7) is 5.58. The highest BCUT2D eigenvalue weighted by molar-refractivity contribution is 5.76. The fraction of sp³-hybridized carbons (Fsp3) is 0.421. The average Bonchev–Trinajstić information content (AvgIpc) is 2.67. The van der Waals surface area contributed by atoms with Gasteiger partial charge in [0.1, 0.15) is 0 Å². The molecule has 0 aromatic carbocycles. The van der Waals surface area contributed by atoms with Crippen molar-refractivity contribution in [2.24, 2.45) is 0 Å². The lowest BCUT2D eigenvalue weighted by molar-refractivity contribution is -0.133. The van der Waals surface area contributed by atoms with Crippen molar-refractivity contribution in [1.82, 2.24) is 19.8 Å². The molecule has 0 bridgehead atoms. The van der Waals surface area contributed by atoms with Crippen LogP contribution >= 0.6 is 0 Å². The first-order valence-electron chi connectivity index (χ1n) is 8.55. The van der Waals surface area contributed by atoms with E-state index < -0.39 is 0 Å². The second-order valence-electron chi connectivity index (χ2n) is 6.20. The predicted molar refractivity (Wildman–Crippen MR) is 93.4 cm³/mol. The highest BCUT2D eigenvalue weighted by Crippen LogP contribution is 2.19. The first kappa shape index (κ1) is 16.6. The third-order valence-corrected chi connectivity index (χ3v) is 4.71. The van der Waals surface area contributed by atoms with E-state index in [2.05, 4.69) is 27.9 Å². The highest BCUT2D eigenvalue weighted by Gasteiger charge is 2.24. The van der Waals surface area contributed by atoms with Crippen LogP contribution in [0.3, 0.4) is 0 Å². The molecule has 0 saturated carbocycles. The first-order chi connectivity index (χ1) is 11.7. The van der Waals surface area contributed by atoms with E-state index in [-0.39, 0.29) is 5.91 Å². The van der Waals surface area contributed by atoms with Gasteiger partial charge in [0.2, 0.25) is 5.91 Å². The molecule has 1 unspecified atom stereocenters. The molecular formula is C19H24N4O. The van der Waals surface area contributed by atoms with Crippen molar-refractivity contribution in [1.29, 1.82) is 0 Å². The van der Waals surface area contributed by atoms with Gasteiger partial charge in [-0.2, -0.15) is 0 Å². The van der Waals surface area contributed by atoms with Crippen molar-refractivity contribution in [2.45, 2.75) is 25.8 Å². The smallest absolute Gasteiger partial charge is 0.222 e. The van der Waals surface area contributed by atoms with E-state index in [1.165, 1.54) is 5.56 Å². The Balaban J connectivity index is 1.47. The van der Waals surface area contributed by atoms with Gasteiger partial charge in [0.15, 0.2) is 0 Å². The minimum Gasteiger partial charge on any atom is -0.340 e. The maximum atomic E-state index is 12.4. The Labute approximate surface area is 143 Å². The summed E-state index contributed by atoms with van der Waals surface area (Å²) >= 11 is 0. The molecular weight excluding hydrogens is 300 g/mol. The zero-order valence-corrected chi connectivity index (χ0v) is 14.1. The lowest BCUT2D eigenvalue weighted by atomic mass is 10.1. The molecule has 1 saturated heterocycles. The fourth-order valence-corrected chi connectivity index (χ4v) is 3.13. The summed E-state index contributed by atoms with van der Waals surface area (Å²) in [5.74, 6) is 0.247. The summed E-state index contributed by atoms with van der Waals surface area (Å²) in [5, 5.41) is 0. The number of nitrogens with zero attached hydrogens (tertiary/aromatic N) is 4. The van der Waals surface area contributed by atoms with Gasteiger partial charge in [-0.1, -0.05) is 6.07 Å². The highest BCUT2D eigenvalue weighted by atomic mass is 16.2. The second kappa shape index (κ2) is 8.02. The standard InChI is InChI=1S/C19H24N4O/c1-16(18-4-2-3-9-21-18)22-12-14-23(15-13-22)19(24)6-5-17-7-10-20-11-8-17/h2-4,7-11,16H,5-6,12-15H2,1H3. The number of aryl methyl sites for hydroxylation is 1. The average molecular weight is 324 g/mol. The Kier molecular flexibility index (Phi) is 5.54. The molecule has 0 spiro atoms. The van der Waals surface area contributed by atoms with Crippen LogP contribution in [0.4, 0.5) is 0 Å². The fourth-order valence-electron chi connectivity index (χ4n) is 3.13. The van der Waals surface area contributed by atoms with E-state index in [1.807, 2.05) is 35.4 Å². The molecule has 0 N–H and O–H groups in total. The van der Waals surface area contributed by atoms with E-state index in [0.717, 1.165) is 38.3 Å². The molecule has 2 aromatic rings. The largest absolute Gasteiger partial charge is 0.340 e. The van der Waals surface area contributed by atoms with Crippen LogP contribution in [-0.4, -0.2) is 51.9 Å². The molecule has 1 amide bonds. The van der Waals surface area contributed by atoms with Gasteiger partial charge in [-0.3, -0.25) is 19.7 Å². The SMILES string of the molecule is CC(c1ccccn1)N1CCN(C(=O)CCc2ccncc2)CC1. The Morgan fingerprint density at radius 1 is 1.08 bits per heavy atom. The number of hydrogen-bond donors (Lipinski definition) is 0. The van der Waals surface area contributed by atoms with Crippen molar-refractivity contribution in [3.63, 3.8) is 0 Å². The predicted octanol–water partition coefficient (Wildman–Crippen LogP) is 2.31. The Morgan fingerprint density at radius 2 is 1.83 bits per heavy atom. The van der Waals surface area contributed by atoms with Gasteiger partial charge in [0.05, 0.1) is 5.69 Å². The molecule has 126 valence electrons. The van der Waals surface area contributed by atoms with Gasteiger partial charge in [0.25, 0.3) is 0 Å². The maximum absolute atomic E-state index is 12.4. The number of carbonyl (C=O) groups is 1. The quantitative estimate of drug-likeness (QED) is 0.847. The monoisotopic (exact) mass is 324 g/mol. The van der Waals surface area contributed by atoms with Gasteiger partial charge < -0.3 is 4.90 Å². The third kappa shape index (κ3) is 4.17. The molecule has 1 atom stereocenters. The van der Waals surface area contributed by atoms with E-state index in [9.17, 15) is 4.79 Å². The molecule has 3 rings (SSSR count). The van der Waals surface area contributed by atoms with Gasteiger partial charge in [-0.05, 0) is 43.2 Å². The summed E-state index contributed by atoms with van der Waals surface area (Å²) in [6, 6.07) is 10.3. The zero-order chi connectivity index (χ0) is 16.8. The summed E-state index contributed by atoms with van der Waals surface area (Å²) < 4.78 is 0. The molecule has 2 aromatic heterocycles. The zero-order valence-electron chi connectivity index (χ0n) is 14.1. The number of pyridine rings is 2. The Hall–Kier alpha value is -2.27. The lowest BCUT2D eigenvalue weighted by Crippen LogP contribution is -2.49. The van der Waals surface area contributed by atoms with Crippen molar-refractivity contribution >= 4 is 5.91 Å². The normalized spacial score (nSPS) is 16.8. The van der Waals surface area contributed by atoms with Crippen molar-refractivity contribution in [3.8, 4) is 0 Å². The van der Waals surface area contributed by atoms with Crippen LogP contribution in [0.2, 0.25) is 0 Å². The molecule has 24 heavy (non-hydrogen) atoms. The van der Waals surface area contributed by atoms with Gasteiger partial charge >= 0.3 is 0 Å². The lowest BCUT2D eigenvalue weighted by Gasteiger charge is -2.37. The van der Waals surface area contributed by atoms with Gasteiger partial charge in [0, 0.05) is 57.2 Å². The van der Waals surface area contributed by atoms with Gasteiger partial charge in [-0.25, -0.2) is 0 Å². The van der Waals surface area contributed by atoms with Crippen molar-refractivity contribution < 1.29 is 4.79 Å². The van der Waals surface area contributed by atoms with Crippen molar-refractivity contribution in [2.75, 3.05) is 26.2 Å². The first-order valence-corrected chi connectivity index (χ1v) is 8.55. The topological polar surface area (TPSA) is 49.3 Å². The molecule has 0 aliphatic carbocycles. The molecule has 1 aliphatic rings. The van der Waals surface area contributed by atoms with Crippen molar-refractivity contribution in [3.05, 3.63) is 60.2 Å². The Bertz CT molecular complexity index is 639. The minimum atomic E-state index is 0.247. The van der Waals surface area contributed by atoms with E-state index in [0.29, 0.717) is 12.5 Å². The minimum absolute atomic E-state index is 0.247. The number of amides is 1.